The number of para-hydroxylation sites is 1. The van der Waals surface area contributed by atoms with Gasteiger partial charge in [-0.15, -0.1) is 0 Å². The van der Waals surface area contributed by atoms with E-state index in [0.29, 0.717) is 0 Å². The first-order chi connectivity index (χ1) is 9.24. The lowest BCUT2D eigenvalue weighted by Crippen LogP contribution is -2.24. The van der Waals surface area contributed by atoms with Gasteiger partial charge in [-0.25, -0.2) is 4.79 Å². The standard InChI is InChI=1S/C15H15BrN2O/c1-17-15(19)18-14-5-3-2-4-13(14)12-8-6-11(10-16)7-9-12/h2-9H,10H2,1H3,(H2,17,18,19). The van der Waals surface area contributed by atoms with Gasteiger partial charge in [-0.1, -0.05) is 58.4 Å². The van der Waals surface area contributed by atoms with E-state index < -0.39 is 0 Å². The molecular weight excluding hydrogens is 304 g/mol. The summed E-state index contributed by atoms with van der Waals surface area (Å²) in [7, 11) is 1.60. The number of halogens is 1. The van der Waals surface area contributed by atoms with Gasteiger partial charge in [-0.05, 0) is 17.2 Å². The fourth-order valence-corrected chi connectivity index (χ4v) is 2.18. The van der Waals surface area contributed by atoms with Gasteiger partial charge in [0, 0.05) is 17.9 Å². The van der Waals surface area contributed by atoms with Crippen LogP contribution in [-0.4, -0.2) is 13.1 Å². The molecule has 0 saturated heterocycles. The third-order valence-electron chi connectivity index (χ3n) is 2.82. The topological polar surface area (TPSA) is 41.1 Å². The molecule has 19 heavy (non-hydrogen) atoms. The number of hydrogen-bond donors (Lipinski definition) is 2. The summed E-state index contributed by atoms with van der Waals surface area (Å²) in [6.45, 7) is 0. The highest BCUT2D eigenvalue weighted by molar-refractivity contribution is 9.08. The van der Waals surface area contributed by atoms with Crippen molar-refractivity contribution in [1.29, 1.82) is 0 Å². The van der Waals surface area contributed by atoms with Crippen LogP contribution in [0.25, 0.3) is 11.1 Å². The van der Waals surface area contributed by atoms with Crippen LogP contribution in [0.4, 0.5) is 10.5 Å². The maximum atomic E-state index is 11.4. The zero-order valence-corrected chi connectivity index (χ0v) is 12.2. The van der Waals surface area contributed by atoms with E-state index in [0.717, 1.165) is 22.1 Å². The maximum Gasteiger partial charge on any atom is 0.318 e. The van der Waals surface area contributed by atoms with Crippen molar-refractivity contribution in [2.75, 3.05) is 12.4 Å². The number of urea groups is 1. The van der Waals surface area contributed by atoms with E-state index in [1.54, 1.807) is 7.05 Å². The molecule has 0 spiro atoms. The Labute approximate surface area is 121 Å². The van der Waals surface area contributed by atoms with Crippen LogP contribution in [0.1, 0.15) is 5.56 Å². The number of benzene rings is 2. The molecule has 0 saturated carbocycles. The molecule has 2 aromatic carbocycles. The fourth-order valence-electron chi connectivity index (χ4n) is 1.80. The fraction of sp³-hybridized carbons (Fsp3) is 0.133. The summed E-state index contributed by atoms with van der Waals surface area (Å²) < 4.78 is 0. The van der Waals surface area contributed by atoms with Crippen molar-refractivity contribution >= 4 is 27.6 Å². The predicted octanol–water partition coefficient (Wildman–Crippen LogP) is 4.00. The van der Waals surface area contributed by atoms with Gasteiger partial charge in [-0.2, -0.15) is 0 Å². The molecule has 0 aliphatic carbocycles. The van der Waals surface area contributed by atoms with Gasteiger partial charge in [-0.3, -0.25) is 0 Å². The quantitative estimate of drug-likeness (QED) is 0.825. The zero-order valence-electron chi connectivity index (χ0n) is 10.6. The minimum atomic E-state index is -0.218. The van der Waals surface area contributed by atoms with Crippen LogP contribution in [0.2, 0.25) is 0 Å². The lowest BCUT2D eigenvalue weighted by atomic mass is 10.0. The Balaban J connectivity index is 2.35. The largest absolute Gasteiger partial charge is 0.341 e. The lowest BCUT2D eigenvalue weighted by molar-refractivity contribution is 0.254. The third-order valence-corrected chi connectivity index (χ3v) is 3.47. The Hall–Kier alpha value is -1.81. The Morgan fingerprint density at radius 3 is 2.42 bits per heavy atom. The van der Waals surface area contributed by atoms with Gasteiger partial charge in [0.1, 0.15) is 0 Å². The summed E-state index contributed by atoms with van der Waals surface area (Å²) in [5.41, 5.74) is 4.11. The number of rotatable bonds is 3. The van der Waals surface area contributed by atoms with Gasteiger partial charge in [0.2, 0.25) is 0 Å². The Bertz CT molecular complexity index is 567. The van der Waals surface area contributed by atoms with E-state index >= 15 is 0 Å². The van der Waals surface area contributed by atoms with Crippen LogP contribution >= 0.6 is 15.9 Å². The number of hydrogen-bond acceptors (Lipinski definition) is 1. The molecule has 98 valence electrons. The average molecular weight is 319 g/mol. The summed E-state index contributed by atoms with van der Waals surface area (Å²) in [6.07, 6.45) is 0. The minimum Gasteiger partial charge on any atom is -0.341 e. The first-order valence-corrected chi connectivity index (χ1v) is 7.10. The van der Waals surface area contributed by atoms with Crippen LogP contribution in [0.5, 0.6) is 0 Å². The van der Waals surface area contributed by atoms with Gasteiger partial charge < -0.3 is 10.6 Å². The van der Waals surface area contributed by atoms with Gasteiger partial charge in [0.05, 0.1) is 5.69 Å². The molecule has 3 nitrogen and oxygen atoms in total. The molecule has 0 aliphatic heterocycles. The van der Waals surface area contributed by atoms with Crippen molar-refractivity contribution in [3.05, 3.63) is 54.1 Å². The Morgan fingerprint density at radius 1 is 1.11 bits per heavy atom. The summed E-state index contributed by atoms with van der Waals surface area (Å²) in [5, 5.41) is 6.22. The Kier molecular flexibility index (Phi) is 4.58. The van der Waals surface area contributed by atoms with Crippen molar-refractivity contribution in [1.82, 2.24) is 5.32 Å². The van der Waals surface area contributed by atoms with Crippen molar-refractivity contribution in [2.45, 2.75) is 5.33 Å². The summed E-state index contributed by atoms with van der Waals surface area (Å²) in [6, 6.07) is 15.8. The highest BCUT2D eigenvalue weighted by Crippen LogP contribution is 2.28. The molecule has 0 bridgehead atoms. The molecule has 0 unspecified atom stereocenters. The second-order valence-corrected chi connectivity index (χ2v) is 4.64. The minimum absolute atomic E-state index is 0.218. The molecule has 0 aromatic heterocycles. The van der Waals surface area contributed by atoms with Crippen LogP contribution in [0.3, 0.4) is 0 Å². The highest BCUT2D eigenvalue weighted by Gasteiger charge is 2.06. The second-order valence-electron chi connectivity index (χ2n) is 4.08. The molecule has 2 amide bonds. The molecular formula is C15H15BrN2O. The summed E-state index contributed by atoms with van der Waals surface area (Å²) in [5.74, 6) is 0. The zero-order chi connectivity index (χ0) is 13.7. The molecule has 0 atom stereocenters. The van der Waals surface area contributed by atoms with Crippen LogP contribution in [0.15, 0.2) is 48.5 Å². The maximum absolute atomic E-state index is 11.4. The van der Waals surface area contributed by atoms with Crippen LogP contribution in [0, 0.1) is 0 Å². The molecule has 0 fully saturated rings. The van der Waals surface area contributed by atoms with Crippen molar-refractivity contribution in [3.8, 4) is 11.1 Å². The van der Waals surface area contributed by atoms with E-state index in [1.165, 1.54) is 5.56 Å². The molecule has 2 aromatic rings. The first-order valence-electron chi connectivity index (χ1n) is 5.97. The molecule has 2 N–H and O–H groups in total. The molecule has 2 rings (SSSR count). The second kappa shape index (κ2) is 6.38. The van der Waals surface area contributed by atoms with Crippen LogP contribution in [-0.2, 0) is 5.33 Å². The van der Waals surface area contributed by atoms with Crippen molar-refractivity contribution in [3.63, 3.8) is 0 Å². The van der Waals surface area contributed by atoms with E-state index in [9.17, 15) is 4.79 Å². The summed E-state index contributed by atoms with van der Waals surface area (Å²) >= 11 is 3.43. The summed E-state index contributed by atoms with van der Waals surface area (Å²) in [4.78, 5) is 11.4. The average Bonchev–Trinajstić information content (AvgIpc) is 2.48. The highest BCUT2D eigenvalue weighted by atomic mass is 79.9. The van der Waals surface area contributed by atoms with Crippen molar-refractivity contribution < 1.29 is 4.79 Å². The smallest absolute Gasteiger partial charge is 0.318 e. The van der Waals surface area contributed by atoms with Gasteiger partial charge >= 0.3 is 6.03 Å². The van der Waals surface area contributed by atoms with E-state index in [1.807, 2.05) is 24.3 Å². The lowest BCUT2D eigenvalue weighted by Gasteiger charge is -2.11. The number of carbonyl (C=O) groups excluding carboxylic acids is 1. The van der Waals surface area contributed by atoms with Gasteiger partial charge in [0.15, 0.2) is 0 Å². The van der Waals surface area contributed by atoms with Crippen LogP contribution < -0.4 is 10.6 Å². The Morgan fingerprint density at radius 2 is 1.79 bits per heavy atom. The number of carbonyl (C=O) groups is 1. The molecule has 0 aliphatic rings. The predicted molar refractivity (Wildman–Crippen MR) is 82.6 cm³/mol. The SMILES string of the molecule is CNC(=O)Nc1ccccc1-c1ccc(CBr)cc1. The number of nitrogens with one attached hydrogen (secondary N) is 2. The number of amides is 2. The third kappa shape index (κ3) is 3.35. The van der Waals surface area contributed by atoms with Gasteiger partial charge in [0.25, 0.3) is 0 Å². The van der Waals surface area contributed by atoms with E-state index in [-0.39, 0.29) is 6.03 Å². The number of anilines is 1. The van der Waals surface area contributed by atoms with E-state index in [2.05, 4.69) is 50.8 Å². The molecule has 4 heteroatoms. The van der Waals surface area contributed by atoms with Crippen molar-refractivity contribution in [2.24, 2.45) is 0 Å². The molecule has 0 radical (unpaired) electrons. The monoisotopic (exact) mass is 318 g/mol. The first kappa shape index (κ1) is 13.6. The number of alkyl halides is 1. The molecule has 0 heterocycles. The van der Waals surface area contributed by atoms with E-state index in [4.69, 9.17) is 0 Å². The normalized spacial score (nSPS) is 10.0.